The third-order valence-corrected chi connectivity index (χ3v) is 6.31. The van der Waals surface area contributed by atoms with E-state index < -0.39 is 0 Å². The molecule has 1 unspecified atom stereocenters. The van der Waals surface area contributed by atoms with Crippen molar-refractivity contribution in [3.63, 3.8) is 0 Å². The number of unbranched alkanes of at least 4 members (excludes halogenated alkanes) is 15. The molecule has 0 aromatic carbocycles. The number of carbonyl (C=O) groups is 1. The molecule has 32 heavy (non-hydrogen) atoms. The van der Waals surface area contributed by atoms with Gasteiger partial charge in [-0.3, -0.25) is 4.79 Å². The van der Waals surface area contributed by atoms with E-state index in [1.54, 1.807) is 0 Å². The van der Waals surface area contributed by atoms with Crippen LogP contribution < -0.4 is 17.7 Å². The Kier molecular flexibility index (Phi) is 24.8. The molecule has 0 aliphatic carbocycles. The molecule has 0 saturated carbocycles. The minimum atomic E-state index is 0. The van der Waals surface area contributed by atoms with Gasteiger partial charge in [0.05, 0.1) is 21.1 Å². The number of carbonyl (C=O) groups excluding carboxylic acids is 1. The molecule has 0 heterocycles. The van der Waals surface area contributed by atoms with Crippen LogP contribution >= 0.6 is 0 Å². The Morgan fingerprint density at radius 2 is 1.09 bits per heavy atom. The van der Waals surface area contributed by atoms with E-state index in [-0.39, 0.29) is 24.5 Å². The maximum atomic E-state index is 12.1. The second kappa shape index (κ2) is 23.6. The lowest BCUT2D eigenvalue weighted by molar-refractivity contribution is -0.898. The molecule has 0 saturated heterocycles. The molecule has 0 spiro atoms. The molecular formula is C28H57ClN2O. The first-order chi connectivity index (χ1) is 14.9. The van der Waals surface area contributed by atoms with Gasteiger partial charge >= 0.3 is 0 Å². The standard InChI is InChI=1S/C28H56N2O.ClH/c1-6-8-9-10-11-12-13-14-15-16-17-18-19-20-21-22-23-24-25-26-28(31)29-27(7-2)30(3,4)5;/h14-15,27H,6-13,16-26H2,1-5H3;1H/b15-14-;. The monoisotopic (exact) mass is 472 g/mol. The topological polar surface area (TPSA) is 29.1 Å². The Labute approximate surface area is 208 Å². The Balaban J connectivity index is 0. The quantitative estimate of drug-likeness (QED) is 0.100. The zero-order chi connectivity index (χ0) is 23.2. The van der Waals surface area contributed by atoms with Gasteiger partial charge in [-0.05, 0) is 32.1 Å². The van der Waals surface area contributed by atoms with Crippen molar-refractivity contribution >= 4 is 5.91 Å². The van der Waals surface area contributed by atoms with Crippen molar-refractivity contribution in [3.05, 3.63) is 12.2 Å². The molecule has 0 aliphatic rings. The van der Waals surface area contributed by atoms with Gasteiger partial charge in [-0.2, -0.15) is 0 Å². The average molecular weight is 473 g/mol. The fourth-order valence-electron chi connectivity index (χ4n) is 4.16. The van der Waals surface area contributed by atoms with Crippen LogP contribution in [0.15, 0.2) is 12.2 Å². The first-order valence-electron chi connectivity index (χ1n) is 13.7. The van der Waals surface area contributed by atoms with Crippen LogP contribution in [0.4, 0.5) is 0 Å². The predicted octanol–water partition coefficient (Wildman–Crippen LogP) is 5.15. The molecule has 192 valence electrons. The minimum Gasteiger partial charge on any atom is -1.00 e. The highest BCUT2D eigenvalue weighted by molar-refractivity contribution is 5.75. The van der Waals surface area contributed by atoms with Crippen molar-refractivity contribution in [2.24, 2.45) is 0 Å². The smallest absolute Gasteiger partial charge is 0.224 e. The molecule has 0 aliphatic heterocycles. The minimum absolute atomic E-state index is 0. The Morgan fingerprint density at radius 3 is 1.50 bits per heavy atom. The van der Waals surface area contributed by atoms with Gasteiger partial charge < -0.3 is 22.2 Å². The summed E-state index contributed by atoms with van der Waals surface area (Å²) in [6.45, 7) is 4.42. The summed E-state index contributed by atoms with van der Waals surface area (Å²) in [6, 6.07) is 0. The molecule has 0 bridgehead atoms. The lowest BCUT2D eigenvalue weighted by atomic mass is 10.1. The summed E-state index contributed by atoms with van der Waals surface area (Å²) in [7, 11) is 6.42. The van der Waals surface area contributed by atoms with Crippen LogP contribution in [0.2, 0.25) is 0 Å². The van der Waals surface area contributed by atoms with Gasteiger partial charge in [-0.1, -0.05) is 103 Å². The van der Waals surface area contributed by atoms with Crippen molar-refractivity contribution in [1.29, 1.82) is 0 Å². The van der Waals surface area contributed by atoms with Crippen LogP contribution in [0.5, 0.6) is 0 Å². The molecule has 1 N–H and O–H groups in total. The van der Waals surface area contributed by atoms with Crippen molar-refractivity contribution < 1.29 is 21.7 Å². The Hall–Kier alpha value is -0.540. The summed E-state index contributed by atoms with van der Waals surface area (Å²) in [6.07, 6.45) is 29.3. The van der Waals surface area contributed by atoms with Crippen LogP contribution in [0, 0.1) is 0 Å². The van der Waals surface area contributed by atoms with Crippen LogP contribution in [0.1, 0.15) is 136 Å². The Morgan fingerprint density at radius 1 is 0.688 bits per heavy atom. The number of hydrogen-bond acceptors (Lipinski definition) is 1. The fourth-order valence-corrected chi connectivity index (χ4v) is 4.16. The molecule has 1 atom stereocenters. The Bertz CT molecular complexity index is 432. The van der Waals surface area contributed by atoms with Crippen molar-refractivity contribution in [1.82, 2.24) is 5.32 Å². The summed E-state index contributed by atoms with van der Waals surface area (Å²) in [5.74, 6) is 0.223. The van der Waals surface area contributed by atoms with Crippen LogP contribution in [-0.2, 0) is 4.79 Å². The van der Waals surface area contributed by atoms with Gasteiger partial charge in [-0.25, -0.2) is 0 Å². The molecule has 3 nitrogen and oxygen atoms in total. The van der Waals surface area contributed by atoms with Gasteiger partial charge in [-0.15, -0.1) is 0 Å². The zero-order valence-electron chi connectivity index (χ0n) is 22.4. The van der Waals surface area contributed by atoms with Crippen molar-refractivity contribution in [3.8, 4) is 0 Å². The fraction of sp³-hybridized carbons (Fsp3) is 0.893. The van der Waals surface area contributed by atoms with E-state index in [2.05, 4.69) is 52.5 Å². The number of nitrogens with one attached hydrogen (secondary N) is 1. The SMILES string of the molecule is CCCCCCCC/C=C\CCCCCCCCCCCC(=O)NC(CC)[N+](C)(C)C.[Cl-]. The zero-order valence-corrected chi connectivity index (χ0v) is 23.2. The maximum absolute atomic E-state index is 12.1. The molecule has 0 rings (SSSR count). The van der Waals surface area contributed by atoms with Gasteiger partial charge in [0, 0.05) is 12.8 Å². The van der Waals surface area contributed by atoms with Crippen LogP contribution in [0.25, 0.3) is 0 Å². The second-order valence-electron chi connectivity index (χ2n) is 10.4. The molecule has 0 aromatic rings. The van der Waals surface area contributed by atoms with Crippen molar-refractivity contribution in [2.75, 3.05) is 21.1 Å². The van der Waals surface area contributed by atoms with E-state index in [0.29, 0.717) is 6.42 Å². The molecule has 1 amide bonds. The van der Waals surface area contributed by atoms with Crippen LogP contribution in [-0.4, -0.2) is 37.7 Å². The molecule has 0 fully saturated rings. The average Bonchev–Trinajstić information content (AvgIpc) is 2.72. The van der Waals surface area contributed by atoms with Crippen molar-refractivity contribution in [2.45, 2.75) is 142 Å². The van der Waals surface area contributed by atoms with E-state index in [1.165, 1.54) is 103 Å². The van der Waals surface area contributed by atoms with E-state index in [0.717, 1.165) is 17.3 Å². The van der Waals surface area contributed by atoms with Gasteiger partial charge in [0.25, 0.3) is 0 Å². The third kappa shape index (κ3) is 22.6. The second-order valence-corrected chi connectivity index (χ2v) is 10.4. The molecule has 0 aromatic heterocycles. The summed E-state index contributed by atoms with van der Waals surface area (Å²) in [4.78, 5) is 12.1. The summed E-state index contributed by atoms with van der Waals surface area (Å²) >= 11 is 0. The number of hydrogen-bond donors (Lipinski definition) is 1. The summed E-state index contributed by atoms with van der Waals surface area (Å²) in [5, 5.41) is 3.19. The number of rotatable bonds is 22. The number of quaternary nitrogens is 1. The number of amides is 1. The van der Waals surface area contributed by atoms with Gasteiger partial charge in [0.1, 0.15) is 0 Å². The lowest BCUT2D eigenvalue weighted by Crippen LogP contribution is -3.00. The molecular weight excluding hydrogens is 416 g/mol. The molecule has 0 radical (unpaired) electrons. The first kappa shape index (κ1) is 33.6. The number of nitrogens with zero attached hydrogens (tertiary/aromatic N) is 1. The van der Waals surface area contributed by atoms with E-state index >= 15 is 0 Å². The van der Waals surface area contributed by atoms with E-state index in [4.69, 9.17) is 0 Å². The predicted molar refractivity (Wildman–Crippen MR) is 138 cm³/mol. The highest BCUT2D eigenvalue weighted by Crippen LogP contribution is 2.13. The highest BCUT2D eigenvalue weighted by Gasteiger charge is 2.22. The maximum Gasteiger partial charge on any atom is 0.224 e. The van der Waals surface area contributed by atoms with Gasteiger partial charge in [0.15, 0.2) is 6.17 Å². The summed E-state index contributed by atoms with van der Waals surface area (Å²) in [5.41, 5.74) is 0. The highest BCUT2D eigenvalue weighted by atomic mass is 35.5. The van der Waals surface area contributed by atoms with E-state index in [9.17, 15) is 4.79 Å². The lowest BCUT2D eigenvalue weighted by Gasteiger charge is -2.33. The summed E-state index contributed by atoms with van der Waals surface area (Å²) < 4.78 is 0.789. The van der Waals surface area contributed by atoms with E-state index in [1.807, 2.05) is 0 Å². The third-order valence-electron chi connectivity index (χ3n) is 6.31. The molecule has 4 heteroatoms. The van der Waals surface area contributed by atoms with Gasteiger partial charge in [0.2, 0.25) is 5.91 Å². The first-order valence-corrected chi connectivity index (χ1v) is 13.7. The van der Waals surface area contributed by atoms with Crippen LogP contribution in [0.3, 0.4) is 0 Å². The normalized spacial score (nSPS) is 12.7. The largest absolute Gasteiger partial charge is 1.00 e. The number of halogens is 1. The number of allylic oxidation sites excluding steroid dienone is 2.